The molecule has 154 valence electrons. The van der Waals surface area contributed by atoms with Crippen LogP contribution in [0.4, 0.5) is 0 Å². The first-order valence-corrected chi connectivity index (χ1v) is 10.2. The number of rotatable bonds is 6. The van der Waals surface area contributed by atoms with Gasteiger partial charge in [0.25, 0.3) is 5.91 Å². The van der Waals surface area contributed by atoms with Gasteiger partial charge in [0.15, 0.2) is 0 Å². The van der Waals surface area contributed by atoms with Crippen molar-refractivity contribution in [1.82, 2.24) is 25.1 Å². The molecule has 1 atom stereocenters. The standard InChI is InChI=1S/C24H21N5O2/c30-24(19-6-1-4-17(12-19)16-29-11-3-8-28-29)27-14-20-13-18-5-2-7-21(23(18)31-20)22-15-25-9-10-26-22/h1-12,15,20H,13-14,16H2,(H,27,30)/t20-/m1/s1. The van der Waals surface area contributed by atoms with Crippen molar-refractivity contribution in [2.75, 3.05) is 6.54 Å². The van der Waals surface area contributed by atoms with Crippen molar-refractivity contribution in [3.63, 3.8) is 0 Å². The van der Waals surface area contributed by atoms with E-state index in [2.05, 4.69) is 26.4 Å². The average Bonchev–Trinajstić information content (AvgIpc) is 3.47. The van der Waals surface area contributed by atoms with E-state index < -0.39 is 0 Å². The molecule has 2 aromatic heterocycles. The Balaban J connectivity index is 1.23. The van der Waals surface area contributed by atoms with E-state index in [-0.39, 0.29) is 12.0 Å². The van der Waals surface area contributed by atoms with Crippen molar-refractivity contribution in [1.29, 1.82) is 0 Å². The zero-order chi connectivity index (χ0) is 21.0. The van der Waals surface area contributed by atoms with Gasteiger partial charge in [0.1, 0.15) is 11.9 Å². The Morgan fingerprint density at radius 1 is 1.13 bits per heavy atom. The number of carbonyl (C=O) groups is 1. The van der Waals surface area contributed by atoms with Crippen molar-refractivity contribution in [2.24, 2.45) is 0 Å². The molecule has 1 aliphatic rings. The Morgan fingerprint density at radius 2 is 2.06 bits per heavy atom. The van der Waals surface area contributed by atoms with E-state index >= 15 is 0 Å². The molecular weight excluding hydrogens is 390 g/mol. The minimum Gasteiger partial charge on any atom is -0.487 e. The van der Waals surface area contributed by atoms with Gasteiger partial charge >= 0.3 is 0 Å². The summed E-state index contributed by atoms with van der Waals surface area (Å²) in [5, 5.41) is 7.22. The smallest absolute Gasteiger partial charge is 0.251 e. The van der Waals surface area contributed by atoms with E-state index in [1.54, 1.807) is 24.8 Å². The highest BCUT2D eigenvalue weighted by atomic mass is 16.5. The number of nitrogens with zero attached hydrogens (tertiary/aromatic N) is 4. The molecule has 5 rings (SSSR count). The summed E-state index contributed by atoms with van der Waals surface area (Å²) in [5.41, 5.74) is 4.46. The van der Waals surface area contributed by atoms with Crippen molar-refractivity contribution < 1.29 is 9.53 Å². The minimum atomic E-state index is -0.121. The summed E-state index contributed by atoms with van der Waals surface area (Å²) in [6, 6.07) is 15.5. The lowest BCUT2D eigenvalue weighted by atomic mass is 10.0. The zero-order valence-electron chi connectivity index (χ0n) is 16.8. The number of hydrogen-bond donors (Lipinski definition) is 1. The number of fused-ring (bicyclic) bond motifs is 1. The molecule has 4 aromatic rings. The van der Waals surface area contributed by atoms with Gasteiger partial charge in [-0.25, -0.2) is 0 Å². The number of hydrogen-bond acceptors (Lipinski definition) is 5. The van der Waals surface area contributed by atoms with Crippen molar-refractivity contribution >= 4 is 5.91 Å². The average molecular weight is 411 g/mol. The fourth-order valence-corrected chi connectivity index (χ4v) is 3.79. The lowest BCUT2D eigenvalue weighted by Gasteiger charge is -2.13. The molecule has 1 aliphatic heterocycles. The summed E-state index contributed by atoms with van der Waals surface area (Å²) in [6.07, 6.45) is 9.30. The molecule has 0 aliphatic carbocycles. The molecule has 1 N–H and O–H groups in total. The van der Waals surface area contributed by atoms with Crippen molar-refractivity contribution in [3.05, 3.63) is 96.2 Å². The topological polar surface area (TPSA) is 81.9 Å². The summed E-state index contributed by atoms with van der Waals surface area (Å²) in [6.45, 7) is 1.05. The van der Waals surface area contributed by atoms with Gasteiger partial charge in [-0.3, -0.25) is 19.4 Å². The maximum Gasteiger partial charge on any atom is 0.251 e. The molecule has 7 heteroatoms. The van der Waals surface area contributed by atoms with Gasteiger partial charge in [-0.15, -0.1) is 0 Å². The van der Waals surface area contributed by atoms with Crippen LogP contribution in [0, 0.1) is 0 Å². The number of benzene rings is 2. The quantitative estimate of drug-likeness (QED) is 0.527. The molecule has 0 saturated heterocycles. The first kappa shape index (κ1) is 19.0. The van der Waals surface area contributed by atoms with Crippen LogP contribution in [-0.4, -0.2) is 38.3 Å². The highest BCUT2D eigenvalue weighted by Gasteiger charge is 2.26. The third-order valence-corrected chi connectivity index (χ3v) is 5.25. The first-order chi connectivity index (χ1) is 15.3. The molecule has 31 heavy (non-hydrogen) atoms. The van der Waals surface area contributed by atoms with Gasteiger partial charge in [0.05, 0.1) is 25.0 Å². The molecule has 7 nitrogen and oxygen atoms in total. The molecule has 2 aromatic carbocycles. The Labute approximate surface area is 179 Å². The van der Waals surface area contributed by atoms with Crippen LogP contribution in [0.5, 0.6) is 5.75 Å². The predicted molar refractivity (Wildman–Crippen MR) is 116 cm³/mol. The molecule has 0 unspecified atom stereocenters. The van der Waals surface area contributed by atoms with E-state index in [0.29, 0.717) is 18.7 Å². The molecule has 0 fully saturated rings. The summed E-state index contributed by atoms with van der Waals surface area (Å²) in [4.78, 5) is 21.2. The number of ether oxygens (including phenoxy) is 1. The predicted octanol–water partition coefficient (Wildman–Crippen LogP) is 3.12. The van der Waals surface area contributed by atoms with Gasteiger partial charge in [0, 0.05) is 42.3 Å². The van der Waals surface area contributed by atoms with Gasteiger partial charge in [0.2, 0.25) is 0 Å². The molecule has 0 radical (unpaired) electrons. The Hall–Kier alpha value is -4.00. The minimum absolute atomic E-state index is 0.115. The van der Waals surface area contributed by atoms with Crippen LogP contribution < -0.4 is 10.1 Å². The van der Waals surface area contributed by atoms with Crippen molar-refractivity contribution in [3.8, 4) is 17.0 Å². The van der Waals surface area contributed by atoms with Gasteiger partial charge < -0.3 is 10.1 Å². The van der Waals surface area contributed by atoms with E-state index in [4.69, 9.17) is 4.74 Å². The largest absolute Gasteiger partial charge is 0.487 e. The second-order valence-corrected chi connectivity index (χ2v) is 7.44. The summed E-state index contributed by atoms with van der Waals surface area (Å²) >= 11 is 0. The first-order valence-electron chi connectivity index (χ1n) is 10.2. The van der Waals surface area contributed by atoms with E-state index in [0.717, 1.165) is 34.6 Å². The lowest BCUT2D eigenvalue weighted by molar-refractivity contribution is 0.0933. The second-order valence-electron chi connectivity index (χ2n) is 7.44. The fourth-order valence-electron chi connectivity index (χ4n) is 3.79. The molecule has 0 spiro atoms. The van der Waals surface area contributed by atoms with Crippen LogP contribution in [0.3, 0.4) is 0 Å². The highest BCUT2D eigenvalue weighted by Crippen LogP contribution is 2.37. The second kappa shape index (κ2) is 8.39. The van der Waals surface area contributed by atoms with Crippen LogP contribution in [0.15, 0.2) is 79.5 Å². The lowest BCUT2D eigenvalue weighted by Crippen LogP contribution is -2.34. The van der Waals surface area contributed by atoms with Crippen LogP contribution >= 0.6 is 0 Å². The third kappa shape index (κ3) is 4.16. The number of amides is 1. The van der Waals surface area contributed by atoms with Crippen LogP contribution in [0.25, 0.3) is 11.3 Å². The number of nitrogens with one attached hydrogen (secondary N) is 1. The van der Waals surface area contributed by atoms with E-state index in [1.165, 1.54) is 0 Å². The van der Waals surface area contributed by atoms with E-state index in [9.17, 15) is 4.79 Å². The van der Waals surface area contributed by atoms with Gasteiger partial charge in [-0.1, -0.05) is 24.3 Å². The normalized spacial score (nSPS) is 14.6. The number of para-hydroxylation sites is 1. The van der Waals surface area contributed by atoms with Gasteiger partial charge in [-0.05, 0) is 35.4 Å². The highest BCUT2D eigenvalue weighted by molar-refractivity contribution is 5.94. The SMILES string of the molecule is O=C(NC[C@H]1Cc2cccc(-c3cnccn3)c2O1)c1cccc(Cn2cccn2)c1. The summed E-state index contributed by atoms with van der Waals surface area (Å²) < 4.78 is 8.01. The maximum absolute atomic E-state index is 12.7. The molecule has 0 bridgehead atoms. The Bertz CT molecular complexity index is 1190. The van der Waals surface area contributed by atoms with Crippen molar-refractivity contribution in [2.45, 2.75) is 19.1 Å². The number of aromatic nitrogens is 4. The van der Waals surface area contributed by atoms with Gasteiger partial charge in [-0.2, -0.15) is 5.10 Å². The third-order valence-electron chi connectivity index (χ3n) is 5.25. The Morgan fingerprint density at radius 3 is 2.90 bits per heavy atom. The Kier molecular flexibility index (Phi) is 5.14. The van der Waals surface area contributed by atoms with Crippen LogP contribution in [-0.2, 0) is 13.0 Å². The molecule has 0 saturated carbocycles. The molecule has 3 heterocycles. The maximum atomic E-state index is 12.7. The monoisotopic (exact) mass is 411 g/mol. The summed E-state index contributed by atoms with van der Waals surface area (Å²) in [7, 11) is 0. The molecular formula is C24H21N5O2. The fraction of sp³-hybridized carbons (Fsp3) is 0.167. The van der Waals surface area contributed by atoms with E-state index in [1.807, 2.05) is 53.3 Å². The zero-order valence-corrected chi connectivity index (χ0v) is 16.8. The molecule has 1 amide bonds. The summed E-state index contributed by atoms with van der Waals surface area (Å²) in [5.74, 6) is 0.708. The van der Waals surface area contributed by atoms with Crippen LogP contribution in [0.1, 0.15) is 21.5 Å². The number of carbonyl (C=O) groups excluding carboxylic acids is 1. The van der Waals surface area contributed by atoms with Crippen LogP contribution in [0.2, 0.25) is 0 Å².